The van der Waals surface area contributed by atoms with Gasteiger partial charge in [0.05, 0.1) is 11.7 Å². The summed E-state index contributed by atoms with van der Waals surface area (Å²) in [4.78, 5) is 0. The SMILES string of the molecule is CO[C@@]12CCC[C@@H]1[C@H](O)[C@@H]1CCC[C@@H]12. The van der Waals surface area contributed by atoms with E-state index in [-0.39, 0.29) is 11.7 Å². The lowest BCUT2D eigenvalue weighted by Gasteiger charge is -2.33. The second-order valence-corrected chi connectivity index (χ2v) is 5.35. The Morgan fingerprint density at radius 3 is 2.71 bits per heavy atom. The van der Waals surface area contributed by atoms with E-state index in [9.17, 15) is 5.11 Å². The van der Waals surface area contributed by atoms with Gasteiger partial charge in [0.2, 0.25) is 0 Å². The highest BCUT2D eigenvalue weighted by atomic mass is 16.5. The summed E-state index contributed by atoms with van der Waals surface area (Å²) in [6.45, 7) is 0. The summed E-state index contributed by atoms with van der Waals surface area (Å²) in [7, 11) is 1.85. The van der Waals surface area contributed by atoms with Gasteiger partial charge in [-0.1, -0.05) is 12.8 Å². The van der Waals surface area contributed by atoms with E-state index < -0.39 is 0 Å². The van der Waals surface area contributed by atoms with Gasteiger partial charge in [-0.25, -0.2) is 0 Å². The van der Waals surface area contributed by atoms with E-state index in [2.05, 4.69) is 0 Å². The van der Waals surface area contributed by atoms with E-state index in [1.165, 1.54) is 38.5 Å². The van der Waals surface area contributed by atoms with Gasteiger partial charge in [-0.3, -0.25) is 0 Å². The predicted octanol–water partition coefficient (Wildman–Crippen LogP) is 1.96. The molecule has 3 saturated carbocycles. The molecule has 0 aliphatic heterocycles. The Bertz CT molecular complexity index is 240. The molecule has 0 saturated heterocycles. The summed E-state index contributed by atoms with van der Waals surface area (Å²) in [5, 5.41) is 10.3. The number of hydrogen-bond donors (Lipinski definition) is 1. The molecule has 0 aromatic carbocycles. The fourth-order valence-corrected chi connectivity index (χ4v) is 4.66. The van der Waals surface area contributed by atoms with E-state index in [1.807, 2.05) is 7.11 Å². The quantitative estimate of drug-likeness (QED) is 0.694. The number of aliphatic hydroxyl groups excluding tert-OH is 1. The molecular formula is C12H20O2. The van der Waals surface area contributed by atoms with Crippen LogP contribution in [0.4, 0.5) is 0 Å². The van der Waals surface area contributed by atoms with E-state index >= 15 is 0 Å². The Labute approximate surface area is 85.6 Å². The smallest absolute Gasteiger partial charge is 0.0763 e. The van der Waals surface area contributed by atoms with Gasteiger partial charge in [-0.2, -0.15) is 0 Å². The zero-order valence-electron chi connectivity index (χ0n) is 8.91. The van der Waals surface area contributed by atoms with Gasteiger partial charge >= 0.3 is 0 Å². The highest BCUT2D eigenvalue weighted by Crippen LogP contribution is 2.60. The van der Waals surface area contributed by atoms with Crippen molar-refractivity contribution in [2.75, 3.05) is 7.11 Å². The molecule has 0 unspecified atom stereocenters. The minimum absolute atomic E-state index is 0.0649. The van der Waals surface area contributed by atoms with Crippen molar-refractivity contribution in [3.63, 3.8) is 0 Å². The van der Waals surface area contributed by atoms with Crippen LogP contribution in [-0.2, 0) is 4.74 Å². The van der Waals surface area contributed by atoms with E-state index in [1.54, 1.807) is 0 Å². The maximum absolute atomic E-state index is 10.3. The van der Waals surface area contributed by atoms with Crippen molar-refractivity contribution in [1.29, 1.82) is 0 Å². The molecule has 5 atom stereocenters. The number of rotatable bonds is 1. The average molecular weight is 196 g/mol. The molecule has 0 heterocycles. The zero-order valence-corrected chi connectivity index (χ0v) is 8.91. The Morgan fingerprint density at radius 1 is 1.14 bits per heavy atom. The summed E-state index contributed by atoms with van der Waals surface area (Å²) >= 11 is 0. The minimum atomic E-state index is -0.0649. The Kier molecular flexibility index (Phi) is 1.94. The molecule has 0 aromatic rings. The molecule has 0 bridgehead atoms. The normalized spacial score (nSPS) is 56.1. The van der Waals surface area contributed by atoms with Crippen LogP contribution in [0.5, 0.6) is 0 Å². The lowest BCUT2D eigenvalue weighted by molar-refractivity contribution is -0.0698. The summed E-state index contributed by atoms with van der Waals surface area (Å²) in [5.41, 5.74) is 0.0700. The lowest BCUT2D eigenvalue weighted by Crippen LogP contribution is -2.39. The number of methoxy groups -OCH3 is 1. The first kappa shape index (κ1) is 9.17. The van der Waals surface area contributed by atoms with E-state index in [4.69, 9.17) is 4.74 Å². The molecule has 3 aliphatic rings. The molecule has 1 N–H and O–H groups in total. The lowest BCUT2D eigenvalue weighted by atomic mass is 9.84. The van der Waals surface area contributed by atoms with Gasteiger partial charge in [-0.15, -0.1) is 0 Å². The second kappa shape index (κ2) is 2.96. The second-order valence-electron chi connectivity index (χ2n) is 5.35. The Hall–Kier alpha value is -0.0800. The van der Waals surface area contributed by atoms with Gasteiger partial charge < -0.3 is 9.84 Å². The highest BCUT2D eigenvalue weighted by Gasteiger charge is 2.62. The third-order valence-electron chi connectivity index (χ3n) is 5.14. The van der Waals surface area contributed by atoms with Gasteiger partial charge in [0.25, 0.3) is 0 Å². The molecule has 2 heteroatoms. The fourth-order valence-electron chi connectivity index (χ4n) is 4.66. The molecule has 3 rings (SSSR count). The van der Waals surface area contributed by atoms with Crippen LogP contribution >= 0.6 is 0 Å². The van der Waals surface area contributed by atoms with Crippen LogP contribution in [0.3, 0.4) is 0 Å². The third-order valence-corrected chi connectivity index (χ3v) is 5.14. The first-order chi connectivity index (χ1) is 6.79. The molecule has 0 radical (unpaired) electrons. The molecule has 80 valence electrons. The van der Waals surface area contributed by atoms with Crippen molar-refractivity contribution >= 4 is 0 Å². The largest absolute Gasteiger partial charge is 0.392 e. The summed E-state index contributed by atoms with van der Waals surface area (Å²) < 4.78 is 5.85. The van der Waals surface area contributed by atoms with E-state index in [0.717, 1.165) is 0 Å². The maximum Gasteiger partial charge on any atom is 0.0763 e. The monoisotopic (exact) mass is 196 g/mol. The average Bonchev–Trinajstić information content (AvgIpc) is 2.85. The predicted molar refractivity (Wildman–Crippen MR) is 53.9 cm³/mol. The van der Waals surface area contributed by atoms with Crippen LogP contribution in [0, 0.1) is 17.8 Å². The topological polar surface area (TPSA) is 29.5 Å². The minimum Gasteiger partial charge on any atom is -0.392 e. The van der Waals surface area contributed by atoms with Crippen molar-refractivity contribution in [3.05, 3.63) is 0 Å². The molecule has 14 heavy (non-hydrogen) atoms. The maximum atomic E-state index is 10.3. The molecule has 0 aromatic heterocycles. The third kappa shape index (κ3) is 0.892. The van der Waals surface area contributed by atoms with Crippen LogP contribution in [0.2, 0.25) is 0 Å². The fraction of sp³-hybridized carbons (Fsp3) is 1.00. The molecular weight excluding hydrogens is 176 g/mol. The molecule has 0 spiro atoms. The van der Waals surface area contributed by atoms with Crippen molar-refractivity contribution < 1.29 is 9.84 Å². The first-order valence-electron chi connectivity index (χ1n) is 6.03. The highest BCUT2D eigenvalue weighted by molar-refractivity contribution is 5.12. The van der Waals surface area contributed by atoms with Gasteiger partial charge in [0.1, 0.15) is 0 Å². The Morgan fingerprint density at radius 2 is 1.93 bits per heavy atom. The van der Waals surface area contributed by atoms with Gasteiger partial charge in [0, 0.05) is 13.0 Å². The van der Waals surface area contributed by atoms with Crippen LogP contribution < -0.4 is 0 Å². The summed E-state index contributed by atoms with van der Waals surface area (Å²) in [6.07, 6.45) is 7.36. The van der Waals surface area contributed by atoms with Gasteiger partial charge in [0.15, 0.2) is 0 Å². The van der Waals surface area contributed by atoms with Crippen molar-refractivity contribution in [3.8, 4) is 0 Å². The zero-order chi connectivity index (χ0) is 9.76. The number of aliphatic hydroxyl groups is 1. The van der Waals surface area contributed by atoms with Crippen LogP contribution in [0.25, 0.3) is 0 Å². The number of ether oxygens (including phenoxy) is 1. The number of fused-ring (bicyclic) bond motifs is 3. The number of hydrogen-bond acceptors (Lipinski definition) is 2. The van der Waals surface area contributed by atoms with Crippen LogP contribution in [-0.4, -0.2) is 23.9 Å². The molecule has 2 nitrogen and oxygen atoms in total. The van der Waals surface area contributed by atoms with Crippen LogP contribution in [0.1, 0.15) is 38.5 Å². The van der Waals surface area contributed by atoms with Gasteiger partial charge in [-0.05, 0) is 37.5 Å². The van der Waals surface area contributed by atoms with Crippen LogP contribution in [0.15, 0.2) is 0 Å². The van der Waals surface area contributed by atoms with Crippen molar-refractivity contribution in [2.24, 2.45) is 17.8 Å². The van der Waals surface area contributed by atoms with E-state index in [0.29, 0.717) is 17.8 Å². The first-order valence-corrected chi connectivity index (χ1v) is 6.03. The molecule has 3 aliphatic carbocycles. The summed E-state index contributed by atoms with van der Waals surface area (Å²) in [5.74, 6) is 1.66. The van der Waals surface area contributed by atoms with Crippen molar-refractivity contribution in [1.82, 2.24) is 0 Å². The standard InChI is InChI=1S/C12H20O2/c1-14-12-7-3-6-10(12)11(13)8-4-2-5-9(8)12/h8-11,13H,2-7H2,1H3/t8-,9+,10-,11-,12-/m1/s1. The molecule has 0 amide bonds. The summed E-state index contributed by atoms with van der Waals surface area (Å²) in [6, 6.07) is 0. The van der Waals surface area contributed by atoms with Crippen molar-refractivity contribution in [2.45, 2.75) is 50.2 Å². The Balaban J connectivity index is 1.98. The molecule has 3 fully saturated rings.